The SMILES string of the molecule is CNC(C)c1csc(NC(=O)CC(F)(F)F)n1. The number of alkyl halides is 3. The average molecular weight is 267 g/mol. The second-order valence-electron chi connectivity index (χ2n) is 3.43. The minimum Gasteiger partial charge on any atom is -0.312 e. The van der Waals surface area contributed by atoms with Crippen LogP contribution in [0.25, 0.3) is 0 Å². The predicted molar refractivity (Wildman–Crippen MR) is 58.9 cm³/mol. The van der Waals surface area contributed by atoms with Crippen molar-refractivity contribution in [3.05, 3.63) is 11.1 Å². The first kappa shape index (κ1) is 13.9. The van der Waals surface area contributed by atoms with Gasteiger partial charge in [-0.1, -0.05) is 0 Å². The number of amides is 1. The molecule has 1 unspecified atom stereocenters. The molecule has 0 aliphatic heterocycles. The molecule has 4 nitrogen and oxygen atoms in total. The maximum Gasteiger partial charge on any atom is 0.397 e. The molecule has 1 aromatic heterocycles. The van der Waals surface area contributed by atoms with E-state index in [2.05, 4.69) is 15.6 Å². The summed E-state index contributed by atoms with van der Waals surface area (Å²) < 4.78 is 35.7. The van der Waals surface area contributed by atoms with Crippen LogP contribution >= 0.6 is 11.3 Å². The Bertz CT molecular complexity index is 391. The number of carbonyl (C=O) groups is 1. The highest BCUT2D eigenvalue weighted by atomic mass is 32.1. The molecule has 0 saturated carbocycles. The van der Waals surface area contributed by atoms with Gasteiger partial charge in [-0.15, -0.1) is 11.3 Å². The van der Waals surface area contributed by atoms with E-state index in [4.69, 9.17) is 0 Å². The molecule has 1 aromatic rings. The van der Waals surface area contributed by atoms with Gasteiger partial charge in [0.2, 0.25) is 5.91 Å². The van der Waals surface area contributed by atoms with Gasteiger partial charge in [0.05, 0.1) is 5.69 Å². The molecule has 0 aromatic carbocycles. The molecule has 96 valence electrons. The first-order valence-corrected chi connectivity index (χ1v) is 5.69. The number of aromatic nitrogens is 1. The second kappa shape index (κ2) is 5.46. The van der Waals surface area contributed by atoms with E-state index in [1.165, 1.54) is 0 Å². The van der Waals surface area contributed by atoms with Crippen molar-refractivity contribution in [3.8, 4) is 0 Å². The zero-order valence-electron chi connectivity index (χ0n) is 9.26. The second-order valence-corrected chi connectivity index (χ2v) is 4.29. The van der Waals surface area contributed by atoms with Crippen LogP contribution in [0, 0.1) is 0 Å². The number of thiazole rings is 1. The van der Waals surface area contributed by atoms with Gasteiger partial charge in [-0.2, -0.15) is 13.2 Å². The Hall–Kier alpha value is -1.15. The van der Waals surface area contributed by atoms with Gasteiger partial charge < -0.3 is 10.6 Å². The number of halogens is 3. The zero-order chi connectivity index (χ0) is 13.1. The van der Waals surface area contributed by atoms with E-state index in [0.717, 1.165) is 11.3 Å². The molecule has 0 radical (unpaired) electrons. The van der Waals surface area contributed by atoms with Gasteiger partial charge in [0.25, 0.3) is 0 Å². The molecule has 0 bridgehead atoms. The van der Waals surface area contributed by atoms with E-state index in [1.807, 2.05) is 6.92 Å². The third-order valence-corrected chi connectivity index (χ3v) is 2.78. The van der Waals surface area contributed by atoms with Crippen molar-refractivity contribution in [2.75, 3.05) is 12.4 Å². The van der Waals surface area contributed by atoms with E-state index < -0.39 is 18.5 Å². The molecule has 0 aliphatic carbocycles. The van der Waals surface area contributed by atoms with Gasteiger partial charge in [-0.05, 0) is 14.0 Å². The summed E-state index contributed by atoms with van der Waals surface area (Å²) in [4.78, 5) is 15.0. The van der Waals surface area contributed by atoms with E-state index in [9.17, 15) is 18.0 Å². The van der Waals surface area contributed by atoms with Crippen molar-refractivity contribution in [1.82, 2.24) is 10.3 Å². The van der Waals surface area contributed by atoms with Crippen LogP contribution in [-0.2, 0) is 4.79 Å². The van der Waals surface area contributed by atoms with Crippen LogP contribution in [0.5, 0.6) is 0 Å². The number of carbonyl (C=O) groups excluding carboxylic acids is 1. The van der Waals surface area contributed by atoms with E-state index in [0.29, 0.717) is 5.69 Å². The van der Waals surface area contributed by atoms with Crippen molar-refractivity contribution in [1.29, 1.82) is 0 Å². The molecule has 1 heterocycles. The smallest absolute Gasteiger partial charge is 0.312 e. The molecule has 0 spiro atoms. The largest absolute Gasteiger partial charge is 0.397 e. The first-order chi connectivity index (χ1) is 7.81. The minimum absolute atomic E-state index is 0.0143. The molecule has 8 heteroatoms. The Morgan fingerprint density at radius 1 is 1.59 bits per heavy atom. The number of anilines is 1. The maximum absolute atomic E-state index is 11.9. The van der Waals surface area contributed by atoms with Gasteiger partial charge in [0.15, 0.2) is 5.13 Å². The summed E-state index contributed by atoms with van der Waals surface area (Å²) in [6.07, 6.45) is -5.99. The van der Waals surface area contributed by atoms with Crippen LogP contribution in [0.4, 0.5) is 18.3 Å². The van der Waals surface area contributed by atoms with E-state index in [-0.39, 0.29) is 11.2 Å². The monoisotopic (exact) mass is 267 g/mol. The summed E-state index contributed by atoms with van der Waals surface area (Å²) in [5.41, 5.74) is 0.680. The molecular weight excluding hydrogens is 255 g/mol. The lowest BCUT2D eigenvalue weighted by Crippen LogP contribution is -2.21. The molecule has 17 heavy (non-hydrogen) atoms. The highest BCUT2D eigenvalue weighted by Crippen LogP contribution is 2.23. The van der Waals surface area contributed by atoms with E-state index in [1.54, 1.807) is 12.4 Å². The van der Waals surface area contributed by atoms with Crippen molar-refractivity contribution < 1.29 is 18.0 Å². The Morgan fingerprint density at radius 3 is 2.76 bits per heavy atom. The summed E-state index contributed by atoms with van der Waals surface area (Å²) in [5.74, 6) is -1.10. The van der Waals surface area contributed by atoms with Gasteiger partial charge in [-0.25, -0.2) is 4.98 Å². The maximum atomic E-state index is 11.9. The van der Waals surface area contributed by atoms with Crippen LogP contribution < -0.4 is 10.6 Å². The van der Waals surface area contributed by atoms with Crippen LogP contribution in [-0.4, -0.2) is 24.1 Å². The first-order valence-electron chi connectivity index (χ1n) is 4.81. The van der Waals surface area contributed by atoms with Gasteiger partial charge in [0.1, 0.15) is 6.42 Å². The third-order valence-electron chi connectivity index (χ3n) is 2.01. The van der Waals surface area contributed by atoms with Gasteiger partial charge >= 0.3 is 6.18 Å². The van der Waals surface area contributed by atoms with Crippen molar-refractivity contribution >= 4 is 22.4 Å². The van der Waals surface area contributed by atoms with Crippen LogP contribution in [0.15, 0.2) is 5.38 Å². The van der Waals surface area contributed by atoms with Crippen molar-refractivity contribution in [2.24, 2.45) is 0 Å². The number of nitrogens with zero attached hydrogens (tertiary/aromatic N) is 1. The summed E-state index contributed by atoms with van der Waals surface area (Å²) in [6, 6.07) is -0.0143. The predicted octanol–water partition coefficient (Wildman–Crippen LogP) is 2.31. The fraction of sp³-hybridized carbons (Fsp3) is 0.556. The minimum atomic E-state index is -4.50. The van der Waals surface area contributed by atoms with Crippen LogP contribution in [0.1, 0.15) is 25.1 Å². The Labute approximate surface area is 100 Å². The standard InChI is InChI=1S/C9H12F3N3OS/c1-5(13-2)6-4-17-8(14-6)15-7(16)3-9(10,11)12/h4-5,13H,3H2,1-2H3,(H,14,15,16). The molecule has 1 atom stereocenters. The van der Waals surface area contributed by atoms with Gasteiger partial charge in [-0.3, -0.25) is 4.79 Å². The molecule has 0 fully saturated rings. The number of hydrogen-bond donors (Lipinski definition) is 2. The van der Waals surface area contributed by atoms with Gasteiger partial charge in [0, 0.05) is 11.4 Å². The van der Waals surface area contributed by atoms with Crippen LogP contribution in [0.2, 0.25) is 0 Å². The number of hydrogen-bond acceptors (Lipinski definition) is 4. The Kier molecular flexibility index (Phi) is 4.47. The Morgan fingerprint density at radius 2 is 2.24 bits per heavy atom. The van der Waals surface area contributed by atoms with Crippen molar-refractivity contribution in [2.45, 2.75) is 25.6 Å². The number of rotatable bonds is 4. The normalized spacial score (nSPS) is 13.5. The quantitative estimate of drug-likeness (QED) is 0.880. The molecule has 0 saturated heterocycles. The van der Waals surface area contributed by atoms with Crippen LogP contribution in [0.3, 0.4) is 0 Å². The van der Waals surface area contributed by atoms with Crippen molar-refractivity contribution in [3.63, 3.8) is 0 Å². The molecular formula is C9H12F3N3OS. The summed E-state index contributed by atoms with van der Waals surface area (Å²) in [5, 5.41) is 6.92. The Balaban J connectivity index is 2.58. The highest BCUT2D eigenvalue weighted by molar-refractivity contribution is 7.13. The lowest BCUT2D eigenvalue weighted by Gasteiger charge is -2.06. The highest BCUT2D eigenvalue weighted by Gasteiger charge is 2.31. The molecule has 1 rings (SSSR count). The molecule has 0 aliphatic rings. The average Bonchev–Trinajstić information content (AvgIpc) is 2.62. The zero-order valence-corrected chi connectivity index (χ0v) is 10.1. The molecule has 2 N–H and O–H groups in total. The lowest BCUT2D eigenvalue weighted by molar-refractivity contribution is -0.150. The summed E-state index contributed by atoms with van der Waals surface area (Å²) in [6.45, 7) is 1.86. The summed E-state index contributed by atoms with van der Waals surface area (Å²) in [7, 11) is 1.74. The van der Waals surface area contributed by atoms with E-state index >= 15 is 0 Å². The lowest BCUT2D eigenvalue weighted by atomic mass is 10.3. The molecule has 1 amide bonds. The topological polar surface area (TPSA) is 54.0 Å². The fourth-order valence-corrected chi connectivity index (χ4v) is 1.86. The third kappa shape index (κ3) is 4.70. The fourth-order valence-electron chi connectivity index (χ4n) is 1.04. The number of nitrogens with one attached hydrogen (secondary N) is 2. The summed E-state index contributed by atoms with van der Waals surface area (Å²) >= 11 is 1.10.